The van der Waals surface area contributed by atoms with Crippen molar-refractivity contribution in [3.8, 4) is 0 Å². The number of nitrogens with one attached hydrogen (secondary N) is 2. The zero-order valence-electron chi connectivity index (χ0n) is 12.1. The van der Waals surface area contributed by atoms with E-state index in [2.05, 4.69) is 22.8 Å². The Bertz CT molecular complexity index is 347. The van der Waals surface area contributed by atoms with Gasteiger partial charge < -0.3 is 15.4 Å². The average molecular weight is 301 g/mol. The number of likely N-dealkylation sites (N-methyl/N-ethyl adjacent to an activating group) is 1. The maximum atomic E-state index is 11.1. The molecule has 0 aliphatic heterocycles. The van der Waals surface area contributed by atoms with Crippen molar-refractivity contribution < 1.29 is 9.53 Å². The van der Waals surface area contributed by atoms with E-state index >= 15 is 0 Å². The van der Waals surface area contributed by atoms with Gasteiger partial charge in [0.15, 0.2) is 0 Å². The molecule has 0 bridgehead atoms. The molecule has 1 amide bonds. The second-order valence-electron chi connectivity index (χ2n) is 4.44. The number of ether oxygens (including phenoxy) is 1. The van der Waals surface area contributed by atoms with Crippen molar-refractivity contribution in [3.05, 3.63) is 35.9 Å². The number of halogens is 1. The van der Waals surface area contributed by atoms with Crippen LogP contribution in [-0.2, 0) is 16.0 Å². The Morgan fingerprint density at radius 2 is 1.90 bits per heavy atom. The Morgan fingerprint density at radius 3 is 2.60 bits per heavy atom. The lowest BCUT2D eigenvalue weighted by atomic mass is 10.2. The van der Waals surface area contributed by atoms with Crippen LogP contribution in [0.3, 0.4) is 0 Å². The van der Waals surface area contributed by atoms with Gasteiger partial charge in [0.1, 0.15) is 0 Å². The van der Waals surface area contributed by atoms with E-state index in [0.29, 0.717) is 6.54 Å². The molecule has 5 heteroatoms. The molecule has 20 heavy (non-hydrogen) atoms. The standard InChI is InChI=1S/C15H24N2O2.ClH/c1-16-13-15(18)17-10-5-6-11-19-12-9-14-7-3-2-4-8-14;/h2-4,7-8,16H,5-6,9-13H2,1H3,(H,17,18);1H. The van der Waals surface area contributed by atoms with Gasteiger partial charge in [-0.05, 0) is 31.9 Å². The van der Waals surface area contributed by atoms with Crippen LogP contribution < -0.4 is 10.6 Å². The summed E-state index contributed by atoms with van der Waals surface area (Å²) < 4.78 is 5.57. The average Bonchev–Trinajstić information content (AvgIpc) is 2.43. The van der Waals surface area contributed by atoms with Crippen LogP contribution in [0.1, 0.15) is 18.4 Å². The molecule has 114 valence electrons. The van der Waals surface area contributed by atoms with Crippen molar-refractivity contribution in [2.75, 3.05) is 33.4 Å². The van der Waals surface area contributed by atoms with Gasteiger partial charge in [-0.3, -0.25) is 4.79 Å². The summed E-state index contributed by atoms with van der Waals surface area (Å²) in [5.74, 6) is 0.0486. The van der Waals surface area contributed by atoms with Gasteiger partial charge >= 0.3 is 0 Å². The molecule has 0 aromatic heterocycles. The molecule has 0 atom stereocenters. The smallest absolute Gasteiger partial charge is 0.233 e. The van der Waals surface area contributed by atoms with Gasteiger partial charge in [0.2, 0.25) is 5.91 Å². The summed E-state index contributed by atoms with van der Waals surface area (Å²) >= 11 is 0. The first-order valence-corrected chi connectivity index (χ1v) is 6.86. The summed E-state index contributed by atoms with van der Waals surface area (Å²) in [4.78, 5) is 11.1. The fourth-order valence-electron chi connectivity index (χ4n) is 1.72. The molecule has 0 fully saturated rings. The molecule has 1 aromatic rings. The van der Waals surface area contributed by atoms with E-state index in [4.69, 9.17) is 4.74 Å². The lowest BCUT2D eigenvalue weighted by Gasteiger charge is -2.06. The highest BCUT2D eigenvalue weighted by Crippen LogP contribution is 2.00. The SMILES string of the molecule is CNCC(=O)NCCCCOCCc1ccccc1.Cl. The minimum Gasteiger partial charge on any atom is -0.381 e. The molecular formula is C15H25ClN2O2. The van der Waals surface area contributed by atoms with Crippen LogP contribution in [0.5, 0.6) is 0 Å². The topological polar surface area (TPSA) is 50.4 Å². The third-order valence-corrected chi connectivity index (χ3v) is 2.75. The van der Waals surface area contributed by atoms with E-state index in [1.807, 2.05) is 18.2 Å². The zero-order chi connectivity index (χ0) is 13.8. The molecule has 0 heterocycles. The van der Waals surface area contributed by atoms with Gasteiger partial charge in [-0.15, -0.1) is 12.4 Å². The molecule has 0 saturated carbocycles. The van der Waals surface area contributed by atoms with Crippen molar-refractivity contribution in [3.63, 3.8) is 0 Å². The molecule has 0 aliphatic carbocycles. The number of hydrogen-bond donors (Lipinski definition) is 2. The Kier molecular flexibility index (Phi) is 12.2. The second kappa shape index (κ2) is 12.9. The van der Waals surface area contributed by atoms with Crippen molar-refractivity contribution in [2.45, 2.75) is 19.3 Å². The van der Waals surface area contributed by atoms with E-state index in [-0.39, 0.29) is 18.3 Å². The molecular weight excluding hydrogens is 276 g/mol. The fourth-order valence-corrected chi connectivity index (χ4v) is 1.72. The molecule has 1 aromatic carbocycles. The highest BCUT2D eigenvalue weighted by molar-refractivity contribution is 5.85. The first-order chi connectivity index (χ1) is 9.33. The number of carbonyl (C=O) groups is 1. The molecule has 4 nitrogen and oxygen atoms in total. The number of amides is 1. The van der Waals surface area contributed by atoms with E-state index < -0.39 is 0 Å². The van der Waals surface area contributed by atoms with Gasteiger partial charge in [-0.2, -0.15) is 0 Å². The van der Waals surface area contributed by atoms with Crippen molar-refractivity contribution in [2.24, 2.45) is 0 Å². The van der Waals surface area contributed by atoms with Gasteiger partial charge in [0.25, 0.3) is 0 Å². The zero-order valence-corrected chi connectivity index (χ0v) is 12.9. The van der Waals surface area contributed by atoms with Gasteiger partial charge in [-0.25, -0.2) is 0 Å². The molecule has 0 radical (unpaired) electrons. The van der Waals surface area contributed by atoms with Crippen LogP contribution >= 0.6 is 12.4 Å². The van der Waals surface area contributed by atoms with Crippen LogP contribution in [0, 0.1) is 0 Å². The lowest BCUT2D eigenvalue weighted by Crippen LogP contribution is -2.32. The van der Waals surface area contributed by atoms with Crippen LogP contribution in [0.2, 0.25) is 0 Å². The van der Waals surface area contributed by atoms with Crippen molar-refractivity contribution in [1.82, 2.24) is 10.6 Å². The molecule has 2 N–H and O–H groups in total. The Balaban J connectivity index is 0.00000361. The molecule has 0 aliphatic rings. The largest absolute Gasteiger partial charge is 0.381 e. The van der Waals surface area contributed by atoms with Gasteiger partial charge in [0.05, 0.1) is 13.2 Å². The summed E-state index contributed by atoms with van der Waals surface area (Å²) in [6.07, 6.45) is 2.90. The van der Waals surface area contributed by atoms with E-state index in [9.17, 15) is 4.79 Å². The Labute approximate surface area is 127 Å². The van der Waals surface area contributed by atoms with Crippen molar-refractivity contribution >= 4 is 18.3 Å². The Morgan fingerprint density at radius 1 is 1.15 bits per heavy atom. The maximum absolute atomic E-state index is 11.1. The molecule has 1 rings (SSSR count). The lowest BCUT2D eigenvalue weighted by molar-refractivity contribution is -0.120. The minimum atomic E-state index is 0. The third-order valence-electron chi connectivity index (χ3n) is 2.75. The van der Waals surface area contributed by atoms with Crippen LogP contribution in [0.4, 0.5) is 0 Å². The number of carbonyl (C=O) groups excluding carboxylic acids is 1. The molecule has 0 spiro atoms. The third kappa shape index (κ3) is 9.78. The van der Waals surface area contributed by atoms with E-state index in [1.165, 1.54) is 5.56 Å². The van der Waals surface area contributed by atoms with Crippen LogP contribution in [-0.4, -0.2) is 39.3 Å². The van der Waals surface area contributed by atoms with Crippen LogP contribution in [0.15, 0.2) is 30.3 Å². The van der Waals surface area contributed by atoms with E-state index in [1.54, 1.807) is 7.05 Å². The van der Waals surface area contributed by atoms with Gasteiger partial charge in [0, 0.05) is 13.2 Å². The van der Waals surface area contributed by atoms with Crippen LogP contribution in [0.25, 0.3) is 0 Å². The summed E-state index contributed by atoms with van der Waals surface area (Å²) in [5, 5.41) is 5.66. The number of hydrogen-bond acceptors (Lipinski definition) is 3. The number of unbranched alkanes of at least 4 members (excludes halogenated alkanes) is 1. The minimum absolute atomic E-state index is 0. The number of rotatable bonds is 10. The first kappa shape index (κ1) is 18.9. The summed E-state index contributed by atoms with van der Waals surface area (Å²) in [6, 6.07) is 10.3. The quantitative estimate of drug-likeness (QED) is 0.648. The first-order valence-electron chi connectivity index (χ1n) is 6.86. The van der Waals surface area contributed by atoms with Crippen molar-refractivity contribution in [1.29, 1.82) is 0 Å². The monoisotopic (exact) mass is 300 g/mol. The van der Waals surface area contributed by atoms with E-state index in [0.717, 1.165) is 39.0 Å². The Hall–Kier alpha value is -1.10. The summed E-state index contributed by atoms with van der Waals surface area (Å²) in [7, 11) is 1.76. The normalized spacial score (nSPS) is 9.85. The maximum Gasteiger partial charge on any atom is 0.233 e. The van der Waals surface area contributed by atoms with Gasteiger partial charge in [-0.1, -0.05) is 30.3 Å². The molecule has 0 saturated heterocycles. The number of benzene rings is 1. The highest BCUT2D eigenvalue weighted by atomic mass is 35.5. The predicted molar refractivity (Wildman–Crippen MR) is 84.4 cm³/mol. The highest BCUT2D eigenvalue weighted by Gasteiger charge is 1.97. The summed E-state index contributed by atoms with van der Waals surface area (Å²) in [6.45, 7) is 2.63. The molecule has 0 unspecified atom stereocenters. The predicted octanol–water partition coefficient (Wildman–Crippen LogP) is 1.78. The summed E-state index contributed by atoms with van der Waals surface area (Å²) in [5.41, 5.74) is 1.31. The second-order valence-corrected chi connectivity index (χ2v) is 4.44. The fraction of sp³-hybridized carbons (Fsp3) is 0.533.